The Balaban J connectivity index is 3.21. The molecule has 2 heteroatoms. The van der Waals surface area contributed by atoms with Crippen LogP contribution in [0.2, 0.25) is 0 Å². The maximum absolute atomic E-state index is 11.8. The number of ketones is 1. The zero-order chi connectivity index (χ0) is 12.3. The fourth-order valence-corrected chi connectivity index (χ4v) is 1.77. The van der Waals surface area contributed by atoms with Crippen molar-refractivity contribution in [1.29, 1.82) is 0 Å². The Morgan fingerprint density at radius 2 is 2.06 bits per heavy atom. The fraction of sp³-hybridized carbons (Fsp3) is 0.357. The third-order valence-corrected chi connectivity index (χ3v) is 2.94. The molecule has 2 N–H and O–H groups in total. The van der Waals surface area contributed by atoms with Gasteiger partial charge in [-0.2, -0.15) is 0 Å². The number of hydrogen-bond donors (Lipinski definition) is 1. The summed E-state index contributed by atoms with van der Waals surface area (Å²) in [7, 11) is 0. The van der Waals surface area contributed by atoms with E-state index in [0.717, 1.165) is 23.1 Å². The van der Waals surface area contributed by atoms with Crippen molar-refractivity contribution in [3.63, 3.8) is 0 Å². The van der Waals surface area contributed by atoms with Crippen LogP contribution in [0, 0.1) is 13.8 Å². The predicted molar refractivity (Wildman–Crippen MR) is 67.8 cm³/mol. The number of benzene rings is 1. The second-order valence-electron chi connectivity index (χ2n) is 4.17. The maximum atomic E-state index is 11.8. The molecule has 0 aliphatic carbocycles. The van der Waals surface area contributed by atoms with Crippen molar-refractivity contribution >= 4 is 5.78 Å². The smallest absolute Gasteiger partial charge is 0.179 e. The maximum Gasteiger partial charge on any atom is 0.179 e. The summed E-state index contributed by atoms with van der Waals surface area (Å²) in [5, 5.41) is 0. The summed E-state index contributed by atoms with van der Waals surface area (Å²) in [6, 6.07) is 3.41. The molecule has 0 heterocycles. The highest BCUT2D eigenvalue weighted by Gasteiger charge is 2.15. The molecular weight excluding hydrogens is 198 g/mol. The lowest BCUT2D eigenvalue weighted by molar-refractivity contribution is 0.0967. The van der Waals surface area contributed by atoms with Gasteiger partial charge in [0.15, 0.2) is 5.78 Å². The zero-order valence-corrected chi connectivity index (χ0v) is 10.2. The highest BCUT2D eigenvalue weighted by molar-refractivity contribution is 6.01. The third-order valence-electron chi connectivity index (χ3n) is 2.94. The summed E-state index contributed by atoms with van der Waals surface area (Å²) in [4.78, 5) is 11.8. The summed E-state index contributed by atoms with van der Waals surface area (Å²) in [6.45, 7) is 9.45. The minimum absolute atomic E-state index is 0.00533. The van der Waals surface area contributed by atoms with Crippen LogP contribution in [0.5, 0.6) is 0 Å². The van der Waals surface area contributed by atoms with E-state index in [9.17, 15) is 4.79 Å². The Bertz CT molecular complexity index is 419. The lowest BCUT2D eigenvalue weighted by Gasteiger charge is -2.13. The van der Waals surface area contributed by atoms with Crippen molar-refractivity contribution < 1.29 is 4.79 Å². The van der Waals surface area contributed by atoms with Gasteiger partial charge in [-0.25, -0.2) is 0 Å². The number of hydrogen-bond acceptors (Lipinski definition) is 2. The molecular formula is C14H19NO. The van der Waals surface area contributed by atoms with Gasteiger partial charge in [-0.3, -0.25) is 4.79 Å². The normalized spacial score (nSPS) is 12.2. The van der Waals surface area contributed by atoms with Gasteiger partial charge >= 0.3 is 0 Å². The van der Waals surface area contributed by atoms with Gasteiger partial charge in [-0.05, 0) is 43.9 Å². The monoisotopic (exact) mass is 217 g/mol. The lowest BCUT2D eigenvalue weighted by atomic mass is 9.92. The van der Waals surface area contributed by atoms with E-state index in [1.807, 2.05) is 32.1 Å². The van der Waals surface area contributed by atoms with Crippen molar-refractivity contribution in [3.05, 3.63) is 47.0 Å². The molecule has 0 aliphatic heterocycles. The molecule has 1 atom stereocenters. The van der Waals surface area contributed by atoms with E-state index in [-0.39, 0.29) is 5.78 Å². The summed E-state index contributed by atoms with van der Waals surface area (Å²) < 4.78 is 0. The van der Waals surface area contributed by atoms with Crippen LogP contribution in [0.4, 0.5) is 0 Å². The number of carbonyl (C=O) groups excluding carboxylic acids is 1. The first-order valence-electron chi connectivity index (χ1n) is 5.48. The Kier molecular flexibility index (Phi) is 4.02. The van der Waals surface area contributed by atoms with E-state index in [0.29, 0.717) is 0 Å². The van der Waals surface area contributed by atoms with Crippen molar-refractivity contribution in [2.24, 2.45) is 5.73 Å². The standard InChI is InChI=1S/C14H19NO/c1-5-6-12-7-8-13(10(3)9(12)2)14(16)11(4)15/h5,7-8,11H,1,6,15H2,2-4H3. The van der Waals surface area contributed by atoms with Gasteiger partial charge < -0.3 is 5.73 Å². The van der Waals surface area contributed by atoms with Crippen LogP contribution in [0.1, 0.15) is 34.0 Å². The summed E-state index contributed by atoms with van der Waals surface area (Å²) >= 11 is 0. The zero-order valence-electron chi connectivity index (χ0n) is 10.2. The molecule has 0 amide bonds. The van der Waals surface area contributed by atoms with Gasteiger partial charge in [-0.1, -0.05) is 18.2 Å². The van der Waals surface area contributed by atoms with Crippen LogP contribution in [0.3, 0.4) is 0 Å². The Labute approximate surface area is 97.2 Å². The van der Waals surface area contributed by atoms with E-state index in [1.54, 1.807) is 6.92 Å². The number of Topliss-reactive ketones (excluding diaryl/α,β-unsaturated/α-hetero) is 1. The molecule has 0 fully saturated rings. The van der Waals surface area contributed by atoms with Gasteiger partial charge in [-0.15, -0.1) is 6.58 Å². The molecule has 1 unspecified atom stereocenters. The Morgan fingerprint density at radius 1 is 1.44 bits per heavy atom. The van der Waals surface area contributed by atoms with Gasteiger partial charge in [0.1, 0.15) is 0 Å². The number of allylic oxidation sites excluding steroid dienone is 1. The quantitative estimate of drug-likeness (QED) is 0.622. The molecule has 86 valence electrons. The molecule has 0 aromatic heterocycles. The Hall–Kier alpha value is -1.41. The van der Waals surface area contributed by atoms with E-state index in [1.165, 1.54) is 5.56 Å². The second kappa shape index (κ2) is 5.08. The molecule has 16 heavy (non-hydrogen) atoms. The first kappa shape index (κ1) is 12.7. The van der Waals surface area contributed by atoms with Crippen molar-refractivity contribution in [2.45, 2.75) is 33.2 Å². The molecule has 1 rings (SSSR count). The second-order valence-corrected chi connectivity index (χ2v) is 4.17. The van der Waals surface area contributed by atoms with Gasteiger partial charge in [0.25, 0.3) is 0 Å². The summed E-state index contributed by atoms with van der Waals surface area (Å²) in [5.74, 6) is 0.00533. The van der Waals surface area contributed by atoms with E-state index in [2.05, 4.69) is 6.58 Å². The van der Waals surface area contributed by atoms with Gasteiger partial charge in [0.05, 0.1) is 6.04 Å². The molecule has 0 aliphatic rings. The lowest BCUT2D eigenvalue weighted by Crippen LogP contribution is -2.27. The van der Waals surface area contributed by atoms with Crippen molar-refractivity contribution in [3.8, 4) is 0 Å². The average molecular weight is 217 g/mol. The van der Waals surface area contributed by atoms with Crippen LogP contribution in [-0.2, 0) is 6.42 Å². The summed E-state index contributed by atoms with van der Waals surface area (Å²) in [6.07, 6.45) is 2.70. The molecule has 0 bridgehead atoms. The highest BCUT2D eigenvalue weighted by atomic mass is 16.1. The first-order chi connectivity index (χ1) is 7.49. The first-order valence-corrected chi connectivity index (χ1v) is 5.48. The van der Waals surface area contributed by atoms with Gasteiger partial charge in [0.2, 0.25) is 0 Å². The van der Waals surface area contributed by atoms with Crippen LogP contribution in [0.25, 0.3) is 0 Å². The summed E-state index contributed by atoms with van der Waals surface area (Å²) in [5.41, 5.74) is 9.76. The van der Waals surface area contributed by atoms with Gasteiger partial charge in [0, 0.05) is 5.56 Å². The van der Waals surface area contributed by atoms with Crippen LogP contribution in [0.15, 0.2) is 24.8 Å². The van der Waals surface area contributed by atoms with E-state index >= 15 is 0 Å². The SMILES string of the molecule is C=CCc1ccc(C(=O)C(C)N)c(C)c1C. The minimum atomic E-state index is -0.441. The Morgan fingerprint density at radius 3 is 2.56 bits per heavy atom. The van der Waals surface area contributed by atoms with Crippen LogP contribution >= 0.6 is 0 Å². The largest absolute Gasteiger partial charge is 0.321 e. The molecule has 1 aromatic carbocycles. The van der Waals surface area contributed by atoms with Crippen LogP contribution < -0.4 is 5.73 Å². The molecule has 0 spiro atoms. The van der Waals surface area contributed by atoms with E-state index < -0.39 is 6.04 Å². The van der Waals surface area contributed by atoms with Crippen molar-refractivity contribution in [1.82, 2.24) is 0 Å². The molecule has 0 saturated heterocycles. The topological polar surface area (TPSA) is 43.1 Å². The van der Waals surface area contributed by atoms with Crippen molar-refractivity contribution in [2.75, 3.05) is 0 Å². The molecule has 1 aromatic rings. The highest BCUT2D eigenvalue weighted by Crippen LogP contribution is 2.19. The van der Waals surface area contributed by atoms with Crippen LogP contribution in [-0.4, -0.2) is 11.8 Å². The number of rotatable bonds is 4. The predicted octanol–water partition coefficient (Wildman–Crippen LogP) is 2.56. The molecule has 2 nitrogen and oxygen atoms in total. The number of nitrogens with two attached hydrogens (primary N) is 1. The average Bonchev–Trinajstić information content (AvgIpc) is 2.24. The minimum Gasteiger partial charge on any atom is -0.321 e. The van der Waals surface area contributed by atoms with E-state index in [4.69, 9.17) is 5.73 Å². The fourth-order valence-electron chi connectivity index (χ4n) is 1.77. The molecule has 0 radical (unpaired) electrons. The number of carbonyl (C=O) groups is 1. The molecule has 0 saturated carbocycles. The third kappa shape index (κ3) is 2.39.